The van der Waals surface area contributed by atoms with Crippen LogP contribution in [-0.4, -0.2) is 35.9 Å². The van der Waals surface area contributed by atoms with Crippen LogP contribution >= 0.6 is 0 Å². The summed E-state index contributed by atoms with van der Waals surface area (Å²) >= 11 is 0. The van der Waals surface area contributed by atoms with Crippen LogP contribution in [0, 0.1) is 5.41 Å². The highest BCUT2D eigenvalue weighted by Crippen LogP contribution is 2.24. The van der Waals surface area contributed by atoms with Crippen LogP contribution in [0.15, 0.2) is 0 Å². The molecule has 0 aromatic rings. The van der Waals surface area contributed by atoms with Gasteiger partial charge in [-0.05, 0) is 25.8 Å². The molecule has 0 amide bonds. The van der Waals surface area contributed by atoms with Gasteiger partial charge in [0.25, 0.3) is 0 Å². The summed E-state index contributed by atoms with van der Waals surface area (Å²) < 4.78 is 0. The second-order valence-electron chi connectivity index (χ2n) is 4.04. The first-order valence-corrected chi connectivity index (χ1v) is 5.63. The van der Waals surface area contributed by atoms with E-state index in [9.17, 15) is 9.90 Å². The molecule has 0 atom stereocenters. The van der Waals surface area contributed by atoms with E-state index in [4.69, 9.17) is 5.11 Å². The van der Waals surface area contributed by atoms with Crippen molar-refractivity contribution >= 4 is 5.97 Å². The Morgan fingerprint density at radius 2 is 1.93 bits per heavy atom. The van der Waals surface area contributed by atoms with Gasteiger partial charge in [0.1, 0.15) is 0 Å². The first-order chi connectivity index (χ1) is 7.10. The van der Waals surface area contributed by atoms with E-state index in [2.05, 4.69) is 19.2 Å². The molecule has 4 heteroatoms. The lowest BCUT2D eigenvalue weighted by Gasteiger charge is -2.29. The van der Waals surface area contributed by atoms with Gasteiger partial charge >= 0.3 is 5.97 Å². The molecule has 15 heavy (non-hydrogen) atoms. The van der Waals surface area contributed by atoms with E-state index < -0.39 is 5.97 Å². The van der Waals surface area contributed by atoms with Crippen molar-refractivity contribution in [3.05, 3.63) is 0 Å². The average molecular weight is 217 g/mol. The third-order valence-corrected chi connectivity index (χ3v) is 3.08. The van der Waals surface area contributed by atoms with Crippen molar-refractivity contribution in [3.63, 3.8) is 0 Å². The van der Waals surface area contributed by atoms with Crippen molar-refractivity contribution in [3.8, 4) is 0 Å². The Kier molecular flexibility index (Phi) is 7.34. The molecule has 0 bridgehead atoms. The Balaban J connectivity index is 3.67. The molecule has 0 saturated heterocycles. The zero-order valence-electron chi connectivity index (χ0n) is 9.75. The van der Waals surface area contributed by atoms with Crippen molar-refractivity contribution in [1.29, 1.82) is 0 Å². The van der Waals surface area contributed by atoms with E-state index in [1.807, 2.05) is 0 Å². The maximum Gasteiger partial charge on any atom is 0.303 e. The Labute approximate surface area is 91.7 Å². The van der Waals surface area contributed by atoms with Gasteiger partial charge in [-0.25, -0.2) is 0 Å². The van der Waals surface area contributed by atoms with Crippen LogP contribution in [0.25, 0.3) is 0 Å². The van der Waals surface area contributed by atoms with Gasteiger partial charge < -0.3 is 15.5 Å². The largest absolute Gasteiger partial charge is 0.481 e. The number of aliphatic hydroxyl groups excluding tert-OH is 1. The van der Waals surface area contributed by atoms with Gasteiger partial charge in [-0.3, -0.25) is 4.79 Å². The summed E-state index contributed by atoms with van der Waals surface area (Å²) in [7, 11) is 0. The highest BCUT2D eigenvalue weighted by molar-refractivity contribution is 5.66. The summed E-state index contributed by atoms with van der Waals surface area (Å²) in [6.45, 7) is 5.79. The molecule has 0 spiro atoms. The van der Waals surface area contributed by atoms with E-state index in [-0.39, 0.29) is 18.4 Å². The number of carboxylic acids is 1. The molecule has 0 aromatic carbocycles. The zero-order chi connectivity index (χ0) is 11.7. The summed E-state index contributed by atoms with van der Waals surface area (Å²) in [4.78, 5) is 10.3. The van der Waals surface area contributed by atoms with Gasteiger partial charge in [0, 0.05) is 25.0 Å². The normalized spacial score (nSPS) is 11.7. The Bertz CT molecular complexity index is 170. The predicted molar refractivity (Wildman–Crippen MR) is 59.8 cm³/mol. The zero-order valence-corrected chi connectivity index (χ0v) is 9.75. The number of aliphatic hydroxyl groups is 1. The smallest absolute Gasteiger partial charge is 0.303 e. The predicted octanol–water partition coefficient (Wildman–Crippen LogP) is 1.24. The van der Waals surface area contributed by atoms with E-state index >= 15 is 0 Å². The molecular formula is C11H23NO3. The fraction of sp³-hybridized carbons (Fsp3) is 0.909. The van der Waals surface area contributed by atoms with Gasteiger partial charge in [0.2, 0.25) is 0 Å². The fourth-order valence-corrected chi connectivity index (χ4v) is 1.50. The first-order valence-electron chi connectivity index (χ1n) is 5.63. The van der Waals surface area contributed by atoms with E-state index in [1.165, 1.54) is 0 Å². The molecular weight excluding hydrogens is 194 g/mol. The van der Waals surface area contributed by atoms with Crippen LogP contribution in [-0.2, 0) is 4.79 Å². The molecule has 90 valence electrons. The standard InChI is InChI=1S/C11H23NO3/c1-3-11(4-2,9-13)8-12-7-5-6-10(14)15/h12-13H,3-9H2,1-2H3,(H,14,15). The highest BCUT2D eigenvalue weighted by atomic mass is 16.4. The van der Waals surface area contributed by atoms with Crippen LogP contribution in [0.5, 0.6) is 0 Å². The molecule has 0 heterocycles. The van der Waals surface area contributed by atoms with Crippen LogP contribution < -0.4 is 5.32 Å². The summed E-state index contributed by atoms with van der Waals surface area (Å²) in [5, 5.41) is 20.9. The number of aliphatic carboxylic acids is 1. The SMILES string of the molecule is CCC(CC)(CO)CNCCCC(=O)O. The van der Waals surface area contributed by atoms with Crippen LogP contribution in [0.1, 0.15) is 39.5 Å². The molecule has 0 radical (unpaired) electrons. The van der Waals surface area contributed by atoms with Crippen molar-refractivity contribution in [2.45, 2.75) is 39.5 Å². The van der Waals surface area contributed by atoms with Gasteiger partial charge in [0.15, 0.2) is 0 Å². The number of rotatable bonds is 9. The summed E-state index contributed by atoms with van der Waals surface area (Å²) in [5.74, 6) is -0.754. The molecule has 3 N–H and O–H groups in total. The summed E-state index contributed by atoms with van der Waals surface area (Å²) in [5.41, 5.74) is -0.0385. The lowest BCUT2D eigenvalue weighted by Crippen LogP contribution is -2.37. The average Bonchev–Trinajstić information content (AvgIpc) is 2.24. The quantitative estimate of drug-likeness (QED) is 0.508. The molecule has 0 aliphatic heterocycles. The molecule has 4 nitrogen and oxygen atoms in total. The van der Waals surface area contributed by atoms with Gasteiger partial charge in [0.05, 0.1) is 0 Å². The topological polar surface area (TPSA) is 69.6 Å². The molecule has 0 unspecified atom stereocenters. The Morgan fingerprint density at radius 3 is 2.33 bits per heavy atom. The maximum absolute atomic E-state index is 10.3. The number of carbonyl (C=O) groups is 1. The van der Waals surface area contributed by atoms with Gasteiger partial charge in [-0.2, -0.15) is 0 Å². The maximum atomic E-state index is 10.3. The first kappa shape index (κ1) is 14.4. The number of nitrogens with one attached hydrogen (secondary N) is 1. The van der Waals surface area contributed by atoms with Gasteiger partial charge in [-0.1, -0.05) is 13.8 Å². The Hall–Kier alpha value is -0.610. The van der Waals surface area contributed by atoms with E-state index in [0.29, 0.717) is 13.0 Å². The van der Waals surface area contributed by atoms with Crippen LogP contribution in [0.4, 0.5) is 0 Å². The Morgan fingerprint density at radius 1 is 1.33 bits per heavy atom. The van der Waals surface area contributed by atoms with Crippen molar-refractivity contribution < 1.29 is 15.0 Å². The molecule has 0 aliphatic rings. The highest BCUT2D eigenvalue weighted by Gasteiger charge is 2.24. The van der Waals surface area contributed by atoms with Crippen molar-refractivity contribution in [1.82, 2.24) is 5.32 Å². The summed E-state index contributed by atoms with van der Waals surface area (Å²) in [6.07, 6.45) is 2.72. The van der Waals surface area contributed by atoms with Crippen molar-refractivity contribution in [2.24, 2.45) is 5.41 Å². The minimum absolute atomic E-state index is 0.0385. The number of carboxylic acid groups (broad SMARTS) is 1. The molecule has 0 rings (SSSR count). The second kappa shape index (κ2) is 7.65. The second-order valence-corrected chi connectivity index (χ2v) is 4.04. The lowest BCUT2D eigenvalue weighted by atomic mass is 9.83. The molecule has 0 saturated carbocycles. The van der Waals surface area contributed by atoms with Crippen molar-refractivity contribution in [2.75, 3.05) is 19.7 Å². The third-order valence-electron chi connectivity index (χ3n) is 3.08. The monoisotopic (exact) mass is 217 g/mol. The van der Waals surface area contributed by atoms with E-state index in [0.717, 1.165) is 19.4 Å². The summed E-state index contributed by atoms with van der Waals surface area (Å²) in [6, 6.07) is 0. The van der Waals surface area contributed by atoms with Crippen LogP contribution in [0.2, 0.25) is 0 Å². The molecule has 0 aliphatic carbocycles. The van der Waals surface area contributed by atoms with Gasteiger partial charge in [-0.15, -0.1) is 0 Å². The molecule has 0 aromatic heterocycles. The third kappa shape index (κ3) is 5.74. The van der Waals surface area contributed by atoms with E-state index in [1.54, 1.807) is 0 Å². The minimum Gasteiger partial charge on any atom is -0.481 e. The lowest BCUT2D eigenvalue weighted by molar-refractivity contribution is -0.137. The van der Waals surface area contributed by atoms with Crippen LogP contribution in [0.3, 0.4) is 0 Å². The number of hydrogen-bond donors (Lipinski definition) is 3. The fourth-order valence-electron chi connectivity index (χ4n) is 1.50. The molecule has 0 fully saturated rings. The number of hydrogen-bond acceptors (Lipinski definition) is 3. The minimum atomic E-state index is -0.754.